The average molecular weight is 289 g/mol. The highest BCUT2D eigenvalue weighted by Crippen LogP contribution is 2.15. The van der Waals surface area contributed by atoms with Crippen molar-refractivity contribution in [1.82, 2.24) is 5.32 Å². The van der Waals surface area contributed by atoms with Gasteiger partial charge in [-0.2, -0.15) is 0 Å². The maximum atomic E-state index is 13.0. The number of hydrogen-bond acceptors (Lipinski definition) is 2. The molecule has 20 heavy (non-hydrogen) atoms. The topological polar surface area (TPSA) is 66.4 Å². The van der Waals surface area contributed by atoms with Gasteiger partial charge in [0.25, 0.3) is 5.91 Å². The summed E-state index contributed by atoms with van der Waals surface area (Å²) in [4.78, 5) is 22.8. The molecule has 1 aromatic carbocycles. The smallest absolute Gasteiger partial charge is 0.326 e. The molecule has 1 unspecified atom stereocenters. The molecule has 2 atom stereocenters. The molecule has 0 aromatic heterocycles. The number of benzene rings is 1. The van der Waals surface area contributed by atoms with E-state index in [4.69, 9.17) is 5.11 Å². The summed E-state index contributed by atoms with van der Waals surface area (Å²) >= 11 is 0. The Morgan fingerprint density at radius 1 is 1.25 bits per heavy atom. The van der Waals surface area contributed by atoms with Crippen LogP contribution in [0.1, 0.15) is 30.6 Å². The molecule has 4 nitrogen and oxygen atoms in total. The Kier molecular flexibility index (Phi) is 5.12. The summed E-state index contributed by atoms with van der Waals surface area (Å²) in [6, 6.07) is -0.157. The number of carbonyl (C=O) groups is 2. The van der Waals surface area contributed by atoms with Crippen LogP contribution in [0.15, 0.2) is 12.1 Å². The number of carbonyl (C=O) groups excluding carboxylic acids is 1. The van der Waals surface area contributed by atoms with E-state index in [1.54, 1.807) is 13.8 Å². The fraction of sp³-hybridized carbons (Fsp3) is 0.385. The number of aliphatic carboxylic acids is 1. The average Bonchev–Trinajstić information content (AvgIpc) is 2.39. The summed E-state index contributed by atoms with van der Waals surface area (Å²) in [5.74, 6) is -7.30. The number of hydrogen-bond donors (Lipinski definition) is 2. The Bertz CT molecular complexity index is 511. The van der Waals surface area contributed by atoms with Gasteiger partial charge >= 0.3 is 5.97 Å². The lowest BCUT2D eigenvalue weighted by Gasteiger charge is -2.20. The highest BCUT2D eigenvalue weighted by molar-refractivity contribution is 5.96. The molecular weight excluding hydrogens is 275 g/mol. The third-order valence-corrected chi connectivity index (χ3v) is 3.01. The summed E-state index contributed by atoms with van der Waals surface area (Å²) in [5.41, 5.74) is -0.476. The van der Waals surface area contributed by atoms with Crippen LogP contribution in [0.4, 0.5) is 13.2 Å². The fourth-order valence-corrected chi connectivity index (χ4v) is 1.59. The van der Waals surface area contributed by atoms with Crippen LogP contribution in [-0.4, -0.2) is 23.0 Å². The Morgan fingerprint density at radius 3 is 2.15 bits per heavy atom. The van der Waals surface area contributed by atoms with Gasteiger partial charge in [-0.3, -0.25) is 4.79 Å². The van der Waals surface area contributed by atoms with Gasteiger partial charge in [0.1, 0.15) is 6.04 Å². The zero-order chi connectivity index (χ0) is 15.4. The fourth-order valence-electron chi connectivity index (χ4n) is 1.59. The summed E-state index contributed by atoms with van der Waals surface area (Å²) in [6.45, 7) is 3.36. The Hall–Kier alpha value is -2.05. The van der Waals surface area contributed by atoms with E-state index in [2.05, 4.69) is 5.32 Å². The molecule has 0 aliphatic heterocycles. The quantitative estimate of drug-likeness (QED) is 0.818. The van der Waals surface area contributed by atoms with Crippen molar-refractivity contribution in [2.45, 2.75) is 26.3 Å². The normalized spacial score (nSPS) is 13.7. The van der Waals surface area contributed by atoms with Gasteiger partial charge in [0, 0.05) is 5.56 Å². The zero-order valence-electron chi connectivity index (χ0n) is 10.9. The van der Waals surface area contributed by atoms with Crippen molar-refractivity contribution in [1.29, 1.82) is 0 Å². The first-order chi connectivity index (χ1) is 9.27. The van der Waals surface area contributed by atoms with Gasteiger partial charge < -0.3 is 10.4 Å². The number of nitrogens with one attached hydrogen (secondary N) is 1. The summed E-state index contributed by atoms with van der Waals surface area (Å²) in [5, 5.41) is 11.2. The van der Waals surface area contributed by atoms with Crippen molar-refractivity contribution < 1.29 is 27.9 Å². The van der Waals surface area contributed by atoms with Crippen LogP contribution in [0.5, 0.6) is 0 Å². The van der Waals surface area contributed by atoms with Gasteiger partial charge in [-0.1, -0.05) is 20.3 Å². The minimum atomic E-state index is -1.68. The monoisotopic (exact) mass is 289 g/mol. The van der Waals surface area contributed by atoms with Crippen molar-refractivity contribution in [3.05, 3.63) is 35.1 Å². The van der Waals surface area contributed by atoms with E-state index in [1.807, 2.05) is 0 Å². The third-order valence-electron chi connectivity index (χ3n) is 3.01. The minimum Gasteiger partial charge on any atom is -0.480 e. The van der Waals surface area contributed by atoms with Gasteiger partial charge in [0.05, 0.1) is 0 Å². The number of carboxylic acids is 1. The molecule has 1 rings (SSSR count). The van der Waals surface area contributed by atoms with Crippen LogP contribution in [0.3, 0.4) is 0 Å². The third kappa shape index (κ3) is 3.49. The highest BCUT2D eigenvalue weighted by atomic mass is 19.2. The van der Waals surface area contributed by atoms with Crippen LogP contribution in [0.2, 0.25) is 0 Å². The molecule has 0 bridgehead atoms. The molecule has 0 aliphatic carbocycles. The van der Waals surface area contributed by atoms with Crippen molar-refractivity contribution in [3.8, 4) is 0 Å². The first kappa shape index (κ1) is 16.0. The Morgan fingerprint density at radius 2 is 1.75 bits per heavy atom. The second-order valence-corrected chi connectivity index (χ2v) is 4.43. The molecule has 0 heterocycles. The summed E-state index contributed by atoms with van der Waals surface area (Å²) in [6.07, 6.45) is 0.489. The lowest BCUT2D eigenvalue weighted by atomic mass is 9.99. The maximum absolute atomic E-state index is 13.0. The van der Waals surface area contributed by atoms with E-state index >= 15 is 0 Å². The molecule has 0 saturated carbocycles. The highest BCUT2D eigenvalue weighted by Gasteiger charge is 2.26. The molecular formula is C13H14F3NO3. The van der Waals surface area contributed by atoms with Gasteiger partial charge in [-0.15, -0.1) is 0 Å². The molecule has 0 aliphatic rings. The Balaban J connectivity index is 2.98. The maximum Gasteiger partial charge on any atom is 0.326 e. The van der Waals surface area contributed by atoms with Crippen molar-refractivity contribution in [2.75, 3.05) is 0 Å². The van der Waals surface area contributed by atoms with Crippen LogP contribution in [0, 0.1) is 23.4 Å². The number of rotatable bonds is 5. The van der Waals surface area contributed by atoms with Gasteiger partial charge in [0.2, 0.25) is 0 Å². The Labute approximate surface area is 113 Å². The first-order valence-electron chi connectivity index (χ1n) is 5.96. The predicted octanol–water partition coefficient (Wildman–Crippen LogP) is 2.33. The molecule has 0 radical (unpaired) electrons. The SMILES string of the molecule is CCC(C)[C@H](NC(=O)c1cc(F)c(F)c(F)c1)C(=O)O. The lowest BCUT2D eigenvalue weighted by molar-refractivity contribution is -0.140. The number of amides is 1. The summed E-state index contributed by atoms with van der Waals surface area (Å²) in [7, 11) is 0. The van der Waals surface area contributed by atoms with Gasteiger partial charge in [0.15, 0.2) is 17.5 Å². The van der Waals surface area contributed by atoms with E-state index < -0.39 is 40.9 Å². The van der Waals surface area contributed by atoms with Crippen LogP contribution in [0.25, 0.3) is 0 Å². The van der Waals surface area contributed by atoms with Gasteiger partial charge in [-0.25, -0.2) is 18.0 Å². The standard InChI is InChI=1S/C13H14F3NO3/c1-3-6(2)11(13(19)20)17-12(18)7-4-8(14)10(16)9(15)5-7/h4-6,11H,3H2,1-2H3,(H,17,18)(H,19,20)/t6?,11-/m0/s1. The molecule has 1 amide bonds. The molecule has 0 saturated heterocycles. The largest absolute Gasteiger partial charge is 0.480 e. The molecule has 7 heteroatoms. The number of carboxylic acid groups (broad SMARTS) is 1. The molecule has 0 fully saturated rings. The molecule has 110 valence electrons. The molecule has 2 N–H and O–H groups in total. The summed E-state index contributed by atoms with van der Waals surface area (Å²) < 4.78 is 38.8. The van der Waals surface area contributed by atoms with E-state index in [0.717, 1.165) is 0 Å². The van der Waals surface area contributed by atoms with Crippen molar-refractivity contribution in [2.24, 2.45) is 5.92 Å². The first-order valence-corrected chi connectivity index (χ1v) is 5.96. The van der Waals surface area contributed by atoms with E-state index in [-0.39, 0.29) is 5.92 Å². The zero-order valence-corrected chi connectivity index (χ0v) is 10.9. The second-order valence-electron chi connectivity index (χ2n) is 4.43. The van der Waals surface area contributed by atoms with Gasteiger partial charge in [-0.05, 0) is 18.1 Å². The van der Waals surface area contributed by atoms with Crippen molar-refractivity contribution in [3.63, 3.8) is 0 Å². The van der Waals surface area contributed by atoms with E-state index in [1.165, 1.54) is 0 Å². The van der Waals surface area contributed by atoms with Crippen LogP contribution < -0.4 is 5.32 Å². The second kappa shape index (κ2) is 6.40. The molecule has 1 aromatic rings. The lowest BCUT2D eigenvalue weighted by Crippen LogP contribution is -2.45. The molecule has 0 spiro atoms. The van der Waals surface area contributed by atoms with Crippen LogP contribution >= 0.6 is 0 Å². The number of halogens is 3. The minimum absolute atomic E-state index is 0.369. The van der Waals surface area contributed by atoms with Crippen molar-refractivity contribution >= 4 is 11.9 Å². The van der Waals surface area contributed by atoms with E-state index in [9.17, 15) is 22.8 Å². The van der Waals surface area contributed by atoms with Crippen LogP contribution in [-0.2, 0) is 4.79 Å². The van der Waals surface area contributed by atoms with E-state index in [0.29, 0.717) is 18.6 Å². The predicted molar refractivity (Wildman–Crippen MR) is 64.7 cm³/mol.